The molecule has 0 atom stereocenters. The maximum Gasteiger partial charge on any atom is 0.0562 e. The summed E-state index contributed by atoms with van der Waals surface area (Å²) in [7, 11) is 0. The second kappa shape index (κ2) is 2.03. The average molecular weight is 138 g/mol. The predicted molar refractivity (Wildman–Crippen MR) is 40.0 cm³/mol. The summed E-state index contributed by atoms with van der Waals surface area (Å²) in [6.07, 6.45) is 2.53. The van der Waals surface area contributed by atoms with Gasteiger partial charge in [0.2, 0.25) is 0 Å². The van der Waals surface area contributed by atoms with E-state index < -0.39 is 0 Å². The highest BCUT2D eigenvalue weighted by Gasteiger charge is 2.07. The molecule has 1 aromatic heterocycles. The number of hydrogen-bond donors (Lipinski definition) is 1. The zero-order valence-corrected chi connectivity index (χ0v) is 5.92. The van der Waals surface area contributed by atoms with E-state index in [9.17, 15) is 0 Å². The van der Waals surface area contributed by atoms with Crippen LogP contribution in [0.3, 0.4) is 0 Å². The highest BCUT2D eigenvalue weighted by atomic mass is 32.1. The number of rotatable bonds is 0. The fourth-order valence-corrected chi connectivity index (χ4v) is 1.92. The minimum absolute atomic E-state index is 1.13. The summed E-state index contributed by atoms with van der Waals surface area (Å²) in [5.74, 6) is 0. The monoisotopic (exact) mass is 138 g/mol. The van der Waals surface area contributed by atoms with E-state index in [0.717, 1.165) is 6.54 Å². The largest absolute Gasteiger partial charge is 0.384 e. The molecule has 2 rings (SSSR count). The highest BCUT2D eigenvalue weighted by Crippen LogP contribution is 2.25. The van der Waals surface area contributed by atoms with Crippen molar-refractivity contribution in [3.63, 3.8) is 0 Å². The van der Waals surface area contributed by atoms with Crippen molar-refractivity contribution in [2.75, 3.05) is 11.9 Å². The summed E-state index contributed by atoms with van der Waals surface area (Å²) in [4.78, 5) is 1.47. The van der Waals surface area contributed by atoms with Gasteiger partial charge in [-0.1, -0.05) is 0 Å². The maximum atomic E-state index is 3.30. The predicted octanol–water partition coefficient (Wildman–Crippen LogP) is 1.91. The minimum atomic E-state index is 1.13. The van der Waals surface area contributed by atoms with Crippen LogP contribution in [0.1, 0.15) is 11.3 Å². The molecule has 47 valence electrons. The molecule has 1 radical (unpaired) electrons. The van der Waals surface area contributed by atoms with Gasteiger partial charge in [0.25, 0.3) is 0 Å². The molecule has 1 aliphatic heterocycles. The SMILES string of the molecule is [c]1csc2c1NCCC2. The Kier molecular flexibility index (Phi) is 1.19. The first-order valence-electron chi connectivity index (χ1n) is 3.19. The third-order valence-corrected chi connectivity index (χ3v) is 2.49. The Labute approximate surface area is 58.7 Å². The first-order chi connectivity index (χ1) is 4.47. The maximum absolute atomic E-state index is 3.30. The van der Waals surface area contributed by atoms with Crippen molar-refractivity contribution in [3.05, 3.63) is 16.3 Å². The van der Waals surface area contributed by atoms with E-state index in [-0.39, 0.29) is 0 Å². The Morgan fingerprint density at radius 2 is 2.67 bits per heavy atom. The van der Waals surface area contributed by atoms with Crippen LogP contribution < -0.4 is 5.32 Å². The quantitative estimate of drug-likeness (QED) is 0.577. The number of hydrogen-bond acceptors (Lipinski definition) is 2. The minimum Gasteiger partial charge on any atom is -0.384 e. The van der Waals surface area contributed by atoms with Gasteiger partial charge in [-0.2, -0.15) is 0 Å². The molecule has 1 aliphatic rings. The van der Waals surface area contributed by atoms with Crippen LogP contribution >= 0.6 is 11.3 Å². The average Bonchev–Trinajstić information content (AvgIpc) is 2.33. The topological polar surface area (TPSA) is 12.0 Å². The summed E-state index contributed by atoms with van der Waals surface area (Å²) in [5.41, 5.74) is 1.24. The van der Waals surface area contributed by atoms with Crippen molar-refractivity contribution in [2.45, 2.75) is 12.8 Å². The lowest BCUT2D eigenvalue weighted by atomic mass is 10.2. The molecule has 1 nitrogen and oxygen atoms in total. The third-order valence-electron chi connectivity index (χ3n) is 1.57. The van der Waals surface area contributed by atoms with Crippen molar-refractivity contribution in [1.82, 2.24) is 0 Å². The zero-order valence-electron chi connectivity index (χ0n) is 5.11. The summed E-state index contributed by atoms with van der Waals surface area (Å²) in [6, 6.07) is 3.16. The van der Waals surface area contributed by atoms with E-state index in [2.05, 4.69) is 11.4 Å². The molecule has 0 aliphatic carbocycles. The molecule has 0 aromatic carbocycles. The Morgan fingerprint density at radius 3 is 3.56 bits per heavy atom. The first-order valence-corrected chi connectivity index (χ1v) is 4.07. The molecule has 0 fully saturated rings. The second-order valence-electron chi connectivity index (χ2n) is 2.21. The van der Waals surface area contributed by atoms with E-state index in [4.69, 9.17) is 0 Å². The van der Waals surface area contributed by atoms with Gasteiger partial charge in [0.15, 0.2) is 0 Å². The van der Waals surface area contributed by atoms with E-state index in [1.807, 2.05) is 16.7 Å². The van der Waals surface area contributed by atoms with E-state index in [0.29, 0.717) is 0 Å². The van der Waals surface area contributed by atoms with Gasteiger partial charge in [-0.15, -0.1) is 11.3 Å². The van der Waals surface area contributed by atoms with Gasteiger partial charge in [0.1, 0.15) is 0 Å². The zero-order chi connectivity index (χ0) is 6.10. The van der Waals surface area contributed by atoms with Gasteiger partial charge in [-0.3, -0.25) is 0 Å². The molecule has 0 spiro atoms. The Balaban J connectivity index is 2.39. The second-order valence-corrected chi connectivity index (χ2v) is 3.17. The van der Waals surface area contributed by atoms with Gasteiger partial charge in [-0.05, 0) is 12.8 Å². The van der Waals surface area contributed by atoms with Crippen LogP contribution in [0.4, 0.5) is 5.69 Å². The molecule has 1 aromatic rings. The Bertz CT molecular complexity index is 184. The van der Waals surface area contributed by atoms with Gasteiger partial charge < -0.3 is 5.32 Å². The van der Waals surface area contributed by atoms with E-state index in [1.165, 1.54) is 23.4 Å². The molecule has 1 N–H and O–H groups in total. The number of aryl methyl sites for hydroxylation is 1. The molecular formula is C7H8NS. The molecule has 0 saturated carbocycles. The van der Waals surface area contributed by atoms with Gasteiger partial charge in [0.05, 0.1) is 5.69 Å². The molecule has 9 heavy (non-hydrogen) atoms. The van der Waals surface area contributed by atoms with Crippen molar-refractivity contribution < 1.29 is 0 Å². The summed E-state index contributed by atoms with van der Waals surface area (Å²) in [6.45, 7) is 1.13. The normalized spacial score (nSPS) is 16.4. The van der Waals surface area contributed by atoms with Crippen LogP contribution in [0.25, 0.3) is 0 Å². The lowest BCUT2D eigenvalue weighted by Crippen LogP contribution is -2.08. The van der Waals surface area contributed by atoms with Crippen LogP contribution in [-0.2, 0) is 6.42 Å². The third kappa shape index (κ3) is 0.833. The first kappa shape index (κ1) is 5.30. The number of thiophene rings is 1. The molecule has 2 heterocycles. The highest BCUT2D eigenvalue weighted by molar-refractivity contribution is 7.10. The lowest BCUT2D eigenvalue weighted by Gasteiger charge is -2.11. The summed E-state index contributed by atoms with van der Waals surface area (Å²) >= 11 is 1.81. The van der Waals surface area contributed by atoms with Crippen molar-refractivity contribution in [2.24, 2.45) is 0 Å². The molecule has 2 heteroatoms. The molecule has 0 saturated heterocycles. The van der Waals surface area contributed by atoms with Gasteiger partial charge in [-0.25, -0.2) is 0 Å². The molecule has 0 unspecified atom stereocenters. The fourth-order valence-electron chi connectivity index (χ4n) is 1.09. The van der Waals surface area contributed by atoms with Crippen LogP contribution in [0, 0.1) is 6.07 Å². The van der Waals surface area contributed by atoms with Crippen LogP contribution in [0.5, 0.6) is 0 Å². The number of nitrogens with one attached hydrogen (secondary N) is 1. The van der Waals surface area contributed by atoms with E-state index in [1.54, 1.807) is 0 Å². The van der Waals surface area contributed by atoms with Crippen LogP contribution in [0.2, 0.25) is 0 Å². The van der Waals surface area contributed by atoms with Crippen LogP contribution in [0.15, 0.2) is 5.38 Å². The molecular weight excluding hydrogens is 130 g/mol. The molecule has 0 bridgehead atoms. The summed E-state index contributed by atoms with van der Waals surface area (Å²) in [5, 5.41) is 5.33. The standard InChI is InChI=1S/C7H8NS/c1-2-7-6(8-4-1)3-5-9-7/h5,8H,1-2,4H2. The van der Waals surface area contributed by atoms with Crippen molar-refractivity contribution in [3.8, 4) is 0 Å². The van der Waals surface area contributed by atoms with Crippen LogP contribution in [-0.4, -0.2) is 6.54 Å². The number of fused-ring (bicyclic) bond motifs is 1. The molecule has 0 amide bonds. The van der Waals surface area contributed by atoms with E-state index >= 15 is 0 Å². The van der Waals surface area contributed by atoms with Crippen molar-refractivity contribution in [1.29, 1.82) is 0 Å². The Hall–Kier alpha value is -0.500. The lowest BCUT2D eigenvalue weighted by molar-refractivity contribution is 0.845. The summed E-state index contributed by atoms with van der Waals surface area (Å²) < 4.78 is 0. The smallest absolute Gasteiger partial charge is 0.0562 e. The number of anilines is 1. The fraction of sp³-hybridized carbons (Fsp3) is 0.429. The van der Waals surface area contributed by atoms with Gasteiger partial charge >= 0.3 is 0 Å². The van der Waals surface area contributed by atoms with Crippen molar-refractivity contribution >= 4 is 17.0 Å². The van der Waals surface area contributed by atoms with Gasteiger partial charge in [0, 0.05) is 22.9 Å². The Morgan fingerprint density at radius 1 is 1.67 bits per heavy atom.